The number of amides is 2. The van der Waals surface area contributed by atoms with Crippen molar-refractivity contribution in [3.63, 3.8) is 0 Å². The minimum atomic E-state index is -0.00219. The number of halogens is 1. The highest BCUT2D eigenvalue weighted by Gasteiger charge is 2.42. The molecule has 166 valence electrons. The maximum absolute atomic E-state index is 12.3. The minimum Gasteiger partial charge on any atom is -0.381 e. The molecule has 8 heteroatoms. The van der Waals surface area contributed by atoms with Crippen molar-refractivity contribution in [2.45, 2.75) is 39.2 Å². The Morgan fingerprint density at radius 1 is 1.20 bits per heavy atom. The van der Waals surface area contributed by atoms with Crippen LogP contribution in [0.5, 0.6) is 0 Å². The molecule has 3 aliphatic rings. The van der Waals surface area contributed by atoms with Crippen LogP contribution in [0.25, 0.3) is 0 Å². The SMILES string of the molecule is CCNC(=NCc1cccc(NC(=O)N2CCCC2)c1)N1CCC2(CCOC2)C1.I. The third kappa shape index (κ3) is 5.57. The van der Waals surface area contributed by atoms with Gasteiger partial charge in [-0.1, -0.05) is 12.1 Å². The number of guanidine groups is 1. The third-order valence-electron chi connectivity index (χ3n) is 6.24. The van der Waals surface area contributed by atoms with Crippen molar-refractivity contribution in [3.8, 4) is 0 Å². The summed E-state index contributed by atoms with van der Waals surface area (Å²) < 4.78 is 5.66. The van der Waals surface area contributed by atoms with Crippen LogP contribution in [0, 0.1) is 5.41 Å². The Hall–Kier alpha value is -1.55. The average molecular weight is 527 g/mol. The maximum atomic E-state index is 12.3. The molecule has 3 saturated heterocycles. The highest BCUT2D eigenvalue weighted by atomic mass is 127. The molecule has 3 aliphatic heterocycles. The van der Waals surface area contributed by atoms with Crippen molar-refractivity contribution in [2.24, 2.45) is 10.4 Å². The molecule has 2 amide bonds. The van der Waals surface area contributed by atoms with Gasteiger partial charge in [0.25, 0.3) is 0 Å². The monoisotopic (exact) mass is 527 g/mol. The standard InChI is InChI=1S/C22H33N5O2.HI/c1-2-23-20(27-12-8-22(16-27)9-13-29-17-22)24-15-18-6-5-7-19(14-18)25-21(28)26-10-3-4-11-26;/h5-7,14H,2-4,8-13,15-17H2,1H3,(H,23,24)(H,25,28);1H. The van der Waals surface area contributed by atoms with E-state index in [1.54, 1.807) is 0 Å². The van der Waals surface area contributed by atoms with Gasteiger partial charge in [-0.15, -0.1) is 24.0 Å². The average Bonchev–Trinajstić information content (AvgIpc) is 3.49. The van der Waals surface area contributed by atoms with Gasteiger partial charge >= 0.3 is 6.03 Å². The van der Waals surface area contributed by atoms with Crippen LogP contribution in [-0.2, 0) is 11.3 Å². The van der Waals surface area contributed by atoms with Crippen molar-refractivity contribution in [3.05, 3.63) is 29.8 Å². The van der Waals surface area contributed by atoms with E-state index < -0.39 is 0 Å². The van der Waals surface area contributed by atoms with E-state index in [0.29, 0.717) is 12.0 Å². The highest BCUT2D eigenvalue weighted by molar-refractivity contribution is 14.0. The van der Waals surface area contributed by atoms with E-state index in [9.17, 15) is 4.79 Å². The number of benzene rings is 1. The molecule has 7 nitrogen and oxygen atoms in total. The Morgan fingerprint density at radius 3 is 2.77 bits per heavy atom. The van der Waals surface area contributed by atoms with E-state index in [2.05, 4.69) is 28.5 Å². The number of nitrogens with one attached hydrogen (secondary N) is 2. The normalized spacial score (nSPS) is 23.7. The van der Waals surface area contributed by atoms with Crippen LogP contribution in [0.3, 0.4) is 0 Å². The first-order valence-corrected chi connectivity index (χ1v) is 10.9. The Bertz CT molecular complexity index is 745. The number of likely N-dealkylation sites (tertiary alicyclic amines) is 2. The van der Waals surface area contributed by atoms with Gasteiger partial charge in [0.1, 0.15) is 0 Å². The second-order valence-corrected chi connectivity index (χ2v) is 8.47. The summed E-state index contributed by atoms with van der Waals surface area (Å²) >= 11 is 0. The molecule has 2 N–H and O–H groups in total. The van der Waals surface area contributed by atoms with E-state index in [4.69, 9.17) is 9.73 Å². The fourth-order valence-electron chi connectivity index (χ4n) is 4.55. The Labute approximate surface area is 196 Å². The Kier molecular flexibility index (Phi) is 8.21. The molecular formula is C22H34IN5O2. The maximum Gasteiger partial charge on any atom is 0.321 e. The van der Waals surface area contributed by atoms with Crippen LogP contribution in [0.4, 0.5) is 10.5 Å². The smallest absolute Gasteiger partial charge is 0.321 e. The zero-order chi connectivity index (χ0) is 20.1. The number of urea groups is 1. The molecule has 1 spiro atoms. The first-order valence-electron chi connectivity index (χ1n) is 10.9. The summed E-state index contributed by atoms with van der Waals surface area (Å²) in [5.74, 6) is 0.975. The quantitative estimate of drug-likeness (QED) is 0.358. The van der Waals surface area contributed by atoms with Gasteiger partial charge in [0.15, 0.2) is 5.96 Å². The molecular weight excluding hydrogens is 493 g/mol. The predicted molar refractivity (Wildman–Crippen MR) is 131 cm³/mol. The summed E-state index contributed by atoms with van der Waals surface area (Å²) in [6, 6.07) is 8.01. The number of carbonyl (C=O) groups is 1. The molecule has 3 fully saturated rings. The molecule has 1 unspecified atom stereocenters. The summed E-state index contributed by atoms with van der Waals surface area (Å²) in [4.78, 5) is 21.5. The van der Waals surface area contributed by atoms with Crippen molar-refractivity contribution >= 4 is 41.7 Å². The Balaban J connectivity index is 0.00000256. The fraction of sp³-hybridized carbons (Fsp3) is 0.636. The molecule has 0 bridgehead atoms. The molecule has 1 aromatic carbocycles. The molecule has 0 aliphatic carbocycles. The van der Waals surface area contributed by atoms with E-state index in [1.165, 1.54) is 6.42 Å². The van der Waals surface area contributed by atoms with Gasteiger partial charge < -0.3 is 25.2 Å². The van der Waals surface area contributed by atoms with Gasteiger partial charge in [0.05, 0.1) is 13.2 Å². The first-order chi connectivity index (χ1) is 14.2. The lowest BCUT2D eigenvalue weighted by Crippen LogP contribution is -2.41. The Morgan fingerprint density at radius 2 is 2.03 bits per heavy atom. The lowest BCUT2D eigenvalue weighted by atomic mass is 9.87. The van der Waals surface area contributed by atoms with Gasteiger partial charge in [-0.3, -0.25) is 0 Å². The van der Waals surface area contributed by atoms with Crippen molar-refractivity contribution in [1.82, 2.24) is 15.1 Å². The summed E-state index contributed by atoms with van der Waals surface area (Å²) in [7, 11) is 0. The molecule has 4 rings (SSSR count). The second-order valence-electron chi connectivity index (χ2n) is 8.47. The van der Waals surface area contributed by atoms with Crippen LogP contribution in [0.15, 0.2) is 29.3 Å². The fourth-order valence-corrected chi connectivity index (χ4v) is 4.55. The van der Waals surface area contributed by atoms with Crippen molar-refractivity contribution < 1.29 is 9.53 Å². The van der Waals surface area contributed by atoms with E-state index in [0.717, 1.165) is 82.4 Å². The molecule has 0 radical (unpaired) electrons. The summed E-state index contributed by atoms with van der Waals surface area (Å²) in [5, 5.41) is 6.47. The lowest BCUT2D eigenvalue weighted by molar-refractivity contribution is 0.156. The number of carbonyl (C=O) groups excluding carboxylic acids is 1. The van der Waals surface area contributed by atoms with E-state index in [-0.39, 0.29) is 30.0 Å². The van der Waals surface area contributed by atoms with Crippen LogP contribution < -0.4 is 10.6 Å². The van der Waals surface area contributed by atoms with Gasteiger partial charge in [0, 0.05) is 50.4 Å². The third-order valence-corrected chi connectivity index (χ3v) is 6.24. The van der Waals surface area contributed by atoms with Crippen molar-refractivity contribution in [1.29, 1.82) is 0 Å². The predicted octanol–water partition coefficient (Wildman–Crippen LogP) is 3.51. The molecule has 0 aromatic heterocycles. The molecule has 30 heavy (non-hydrogen) atoms. The summed E-state index contributed by atoms with van der Waals surface area (Å²) in [5.41, 5.74) is 2.25. The number of rotatable bonds is 4. The molecule has 0 saturated carbocycles. The van der Waals surface area contributed by atoms with Gasteiger partial charge in [-0.05, 0) is 50.3 Å². The second kappa shape index (κ2) is 10.7. The topological polar surface area (TPSA) is 69.2 Å². The number of hydrogen-bond acceptors (Lipinski definition) is 3. The van der Waals surface area contributed by atoms with Crippen LogP contribution in [-0.4, -0.2) is 67.7 Å². The van der Waals surface area contributed by atoms with Crippen LogP contribution in [0.2, 0.25) is 0 Å². The van der Waals surface area contributed by atoms with Crippen LogP contribution in [0.1, 0.15) is 38.2 Å². The first kappa shape index (κ1) is 23.1. The number of ether oxygens (including phenoxy) is 1. The molecule has 1 aromatic rings. The van der Waals surface area contributed by atoms with Gasteiger partial charge in [-0.2, -0.15) is 0 Å². The number of aliphatic imine (C=N–C) groups is 1. The molecule has 3 heterocycles. The van der Waals surface area contributed by atoms with Gasteiger partial charge in [-0.25, -0.2) is 9.79 Å². The zero-order valence-electron chi connectivity index (χ0n) is 17.9. The molecule has 1 atom stereocenters. The van der Waals surface area contributed by atoms with Crippen LogP contribution >= 0.6 is 24.0 Å². The minimum absolute atomic E-state index is 0. The van der Waals surface area contributed by atoms with Gasteiger partial charge in [0.2, 0.25) is 0 Å². The highest BCUT2D eigenvalue weighted by Crippen LogP contribution is 2.38. The lowest BCUT2D eigenvalue weighted by Gasteiger charge is -2.25. The number of hydrogen-bond donors (Lipinski definition) is 2. The largest absolute Gasteiger partial charge is 0.381 e. The number of nitrogens with zero attached hydrogens (tertiary/aromatic N) is 3. The van der Waals surface area contributed by atoms with Crippen molar-refractivity contribution in [2.75, 3.05) is 51.3 Å². The summed E-state index contributed by atoms with van der Waals surface area (Å²) in [6.07, 6.45) is 4.52. The summed E-state index contributed by atoms with van der Waals surface area (Å²) in [6.45, 7) is 9.06. The number of anilines is 1. The van der Waals surface area contributed by atoms with E-state index >= 15 is 0 Å². The van der Waals surface area contributed by atoms with E-state index in [1.807, 2.05) is 23.1 Å². The zero-order valence-corrected chi connectivity index (χ0v) is 20.2.